The number of nitrogens with zero attached hydrogens (tertiary/aromatic N) is 1. The highest BCUT2D eigenvalue weighted by molar-refractivity contribution is 7.12. The van der Waals surface area contributed by atoms with Crippen molar-refractivity contribution < 1.29 is 19.2 Å². The summed E-state index contributed by atoms with van der Waals surface area (Å²) in [5.74, 6) is -1.15. The van der Waals surface area contributed by atoms with Gasteiger partial charge in [-0.25, -0.2) is 4.79 Å². The molecule has 0 saturated carbocycles. The van der Waals surface area contributed by atoms with Crippen molar-refractivity contribution in [2.75, 3.05) is 0 Å². The highest BCUT2D eigenvalue weighted by Crippen LogP contribution is 2.17. The van der Waals surface area contributed by atoms with Crippen LogP contribution in [0.4, 0.5) is 0 Å². The molecule has 0 aliphatic heterocycles. The zero-order valence-electron chi connectivity index (χ0n) is 10.6. The molecule has 7 heteroatoms. The zero-order chi connectivity index (χ0) is 14.5. The van der Waals surface area contributed by atoms with Gasteiger partial charge < -0.3 is 14.9 Å². The van der Waals surface area contributed by atoms with E-state index < -0.39 is 5.97 Å². The van der Waals surface area contributed by atoms with Gasteiger partial charge in [-0.2, -0.15) is 0 Å². The van der Waals surface area contributed by atoms with Crippen LogP contribution in [0.25, 0.3) is 6.08 Å². The van der Waals surface area contributed by atoms with Gasteiger partial charge >= 0.3 is 5.97 Å². The molecule has 0 atom stereocenters. The number of hydrogen-bond acceptors (Lipinski definition) is 5. The summed E-state index contributed by atoms with van der Waals surface area (Å²) in [6.07, 6.45) is 2.59. The lowest BCUT2D eigenvalue weighted by molar-refractivity contribution is -0.131. The Morgan fingerprint density at radius 2 is 2.30 bits per heavy atom. The first kappa shape index (κ1) is 14.0. The Bertz CT molecular complexity index is 657. The quantitative estimate of drug-likeness (QED) is 0.823. The fourth-order valence-corrected chi connectivity index (χ4v) is 2.31. The molecule has 0 aliphatic rings. The van der Waals surface area contributed by atoms with E-state index >= 15 is 0 Å². The Morgan fingerprint density at radius 1 is 1.50 bits per heavy atom. The van der Waals surface area contributed by atoms with Gasteiger partial charge in [-0.1, -0.05) is 5.16 Å². The fourth-order valence-electron chi connectivity index (χ4n) is 1.46. The standard InChI is InChI=1S/C13H12N2O4S/c1-8-6-11(19-15-8)13(18)14-7-10-3-2-9(20-10)4-5-12(16)17/h2-6H,7H2,1H3,(H,14,18)(H,16,17). The monoisotopic (exact) mass is 292 g/mol. The Balaban J connectivity index is 1.91. The Kier molecular flexibility index (Phi) is 4.31. The number of amides is 1. The van der Waals surface area contributed by atoms with Crippen LogP contribution in [-0.2, 0) is 11.3 Å². The van der Waals surface area contributed by atoms with E-state index in [1.165, 1.54) is 17.4 Å². The highest BCUT2D eigenvalue weighted by atomic mass is 32.1. The second kappa shape index (κ2) is 6.16. The van der Waals surface area contributed by atoms with Crippen molar-refractivity contribution in [1.82, 2.24) is 10.5 Å². The maximum atomic E-state index is 11.7. The van der Waals surface area contributed by atoms with E-state index in [9.17, 15) is 9.59 Å². The van der Waals surface area contributed by atoms with Crippen LogP contribution in [-0.4, -0.2) is 22.1 Å². The van der Waals surface area contributed by atoms with Crippen LogP contribution in [0, 0.1) is 6.92 Å². The normalized spacial score (nSPS) is 10.8. The number of hydrogen-bond donors (Lipinski definition) is 2. The van der Waals surface area contributed by atoms with Crippen LogP contribution in [0.5, 0.6) is 0 Å². The van der Waals surface area contributed by atoms with Crippen LogP contribution >= 0.6 is 11.3 Å². The summed E-state index contributed by atoms with van der Waals surface area (Å²) in [7, 11) is 0. The number of carboxylic acids is 1. The third kappa shape index (κ3) is 3.79. The van der Waals surface area contributed by atoms with Crippen LogP contribution in [0.3, 0.4) is 0 Å². The second-order valence-corrected chi connectivity index (χ2v) is 5.19. The van der Waals surface area contributed by atoms with Crippen LogP contribution in [0.15, 0.2) is 28.8 Å². The first-order valence-electron chi connectivity index (χ1n) is 5.76. The minimum atomic E-state index is -0.992. The van der Waals surface area contributed by atoms with Gasteiger partial charge in [0.05, 0.1) is 12.2 Å². The summed E-state index contributed by atoms with van der Waals surface area (Å²) >= 11 is 1.41. The zero-order valence-corrected chi connectivity index (χ0v) is 11.4. The van der Waals surface area contributed by atoms with Crippen LogP contribution < -0.4 is 5.32 Å². The largest absolute Gasteiger partial charge is 0.478 e. The topological polar surface area (TPSA) is 92.4 Å². The van der Waals surface area contributed by atoms with Gasteiger partial charge in [0.2, 0.25) is 5.76 Å². The molecule has 6 nitrogen and oxygen atoms in total. The van der Waals surface area contributed by atoms with Gasteiger partial charge in [0.25, 0.3) is 5.91 Å². The van der Waals surface area contributed by atoms with Gasteiger partial charge in [0.15, 0.2) is 0 Å². The fraction of sp³-hybridized carbons (Fsp3) is 0.154. The molecule has 104 valence electrons. The third-order valence-electron chi connectivity index (χ3n) is 2.35. The summed E-state index contributed by atoms with van der Waals surface area (Å²) in [4.78, 5) is 23.8. The molecule has 1 amide bonds. The molecule has 0 spiro atoms. The Morgan fingerprint density at radius 3 is 2.95 bits per heavy atom. The maximum Gasteiger partial charge on any atom is 0.328 e. The molecule has 2 heterocycles. The number of carboxylic acid groups (broad SMARTS) is 1. The predicted octanol–water partition coefficient (Wildman–Crippen LogP) is 2.07. The Labute approximate surface area is 118 Å². The van der Waals surface area contributed by atoms with E-state index in [1.54, 1.807) is 19.1 Å². The van der Waals surface area contributed by atoms with Gasteiger partial charge in [-0.05, 0) is 25.1 Å². The maximum absolute atomic E-state index is 11.7. The summed E-state index contributed by atoms with van der Waals surface area (Å²) in [6, 6.07) is 5.19. The number of carbonyl (C=O) groups excluding carboxylic acids is 1. The molecule has 0 aromatic carbocycles. The summed E-state index contributed by atoms with van der Waals surface area (Å²) in [6.45, 7) is 2.09. The number of nitrogens with one attached hydrogen (secondary N) is 1. The lowest BCUT2D eigenvalue weighted by atomic mass is 10.3. The number of aromatic nitrogens is 1. The van der Waals surface area contributed by atoms with Crippen molar-refractivity contribution in [1.29, 1.82) is 0 Å². The van der Waals surface area contributed by atoms with Crippen molar-refractivity contribution >= 4 is 29.3 Å². The number of aryl methyl sites for hydroxylation is 1. The molecule has 2 rings (SSSR count). The van der Waals surface area contributed by atoms with Crippen molar-refractivity contribution in [3.05, 3.63) is 45.5 Å². The van der Waals surface area contributed by atoms with E-state index in [4.69, 9.17) is 9.63 Å². The Hall–Kier alpha value is -2.41. The van der Waals surface area contributed by atoms with Gasteiger partial charge in [0.1, 0.15) is 0 Å². The molecular formula is C13H12N2O4S. The number of thiophene rings is 1. The molecule has 2 aromatic heterocycles. The van der Waals surface area contributed by atoms with E-state index in [0.29, 0.717) is 12.2 Å². The smallest absolute Gasteiger partial charge is 0.328 e. The lowest BCUT2D eigenvalue weighted by Crippen LogP contribution is -2.21. The third-order valence-corrected chi connectivity index (χ3v) is 3.40. The predicted molar refractivity (Wildman–Crippen MR) is 73.4 cm³/mol. The van der Waals surface area contributed by atoms with E-state index in [1.807, 2.05) is 6.07 Å². The summed E-state index contributed by atoms with van der Waals surface area (Å²) in [5.41, 5.74) is 0.646. The SMILES string of the molecule is Cc1cc(C(=O)NCc2ccc(C=CC(=O)O)s2)on1. The summed E-state index contributed by atoms with van der Waals surface area (Å²) in [5, 5.41) is 14.9. The van der Waals surface area contributed by atoms with Crippen molar-refractivity contribution in [3.63, 3.8) is 0 Å². The number of rotatable bonds is 5. The molecule has 0 bridgehead atoms. The second-order valence-electron chi connectivity index (χ2n) is 3.99. The molecule has 0 radical (unpaired) electrons. The first-order valence-corrected chi connectivity index (χ1v) is 6.57. The number of carbonyl (C=O) groups is 2. The molecule has 0 aliphatic carbocycles. The molecular weight excluding hydrogens is 280 g/mol. The molecule has 2 aromatic rings. The molecule has 0 saturated heterocycles. The van der Waals surface area contributed by atoms with Crippen LogP contribution in [0.1, 0.15) is 26.0 Å². The van der Waals surface area contributed by atoms with Crippen molar-refractivity contribution in [3.8, 4) is 0 Å². The average Bonchev–Trinajstić information content (AvgIpc) is 3.02. The van der Waals surface area contributed by atoms with Crippen molar-refractivity contribution in [2.45, 2.75) is 13.5 Å². The van der Waals surface area contributed by atoms with Crippen LogP contribution in [0.2, 0.25) is 0 Å². The molecule has 0 unspecified atom stereocenters. The van der Waals surface area contributed by atoms with E-state index in [2.05, 4.69) is 10.5 Å². The minimum absolute atomic E-state index is 0.171. The first-order chi connectivity index (χ1) is 9.54. The van der Waals surface area contributed by atoms with Crippen molar-refractivity contribution in [2.24, 2.45) is 0 Å². The average molecular weight is 292 g/mol. The summed E-state index contributed by atoms with van der Waals surface area (Å²) < 4.78 is 4.85. The lowest BCUT2D eigenvalue weighted by Gasteiger charge is -1.99. The minimum Gasteiger partial charge on any atom is -0.478 e. The van der Waals surface area contributed by atoms with Gasteiger partial charge in [-0.15, -0.1) is 11.3 Å². The molecule has 20 heavy (non-hydrogen) atoms. The van der Waals surface area contributed by atoms with E-state index in [-0.39, 0.29) is 11.7 Å². The molecule has 0 fully saturated rings. The van der Waals surface area contributed by atoms with Gasteiger partial charge in [-0.3, -0.25) is 4.79 Å². The highest BCUT2D eigenvalue weighted by Gasteiger charge is 2.11. The van der Waals surface area contributed by atoms with E-state index in [0.717, 1.165) is 15.8 Å². The van der Waals surface area contributed by atoms with Gasteiger partial charge in [0, 0.05) is 21.9 Å². The number of aliphatic carboxylic acids is 1. The molecule has 2 N–H and O–H groups in total.